The zero-order valence-electron chi connectivity index (χ0n) is 12.8. The number of hydrogen-bond donors (Lipinski definition) is 1. The Bertz CT molecular complexity index is 464. The highest BCUT2D eigenvalue weighted by Crippen LogP contribution is 2.25. The molecule has 1 fully saturated rings. The molecule has 0 atom stereocenters. The van der Waals surface area contributed by atoms with Gasteiger partial charge in [0.05, 0.1) is 12.2 Å². The number of benzene rings is 1. The lowest BCUT2D eigenvalue weighted by molar-refractivity contribution is 0.00478. The molecule has 0 aliphatic heterocycles. The van der Waals surface area contributed by atoms with Crippen LogP contribution in [0.1, 0.15) is 38.7 Å². The summed E-state index contributed by atoms with van der Waals surface area (Å²) in [4.78, 5) is 0. The van der Waals surface area contributed by atoms with Gasteiger partial charge in [-0.3, -0.25) is 0 Å². The van der Waals surface area contributed by atoms with Crippen molar-refractivity contribution in [2.45, 2.75) is 51.3 Å². The smallest absolute Gasteiger partial charge is 0.190 e. The SMILES string of the molecule is COC(C)(C)CCOc1c(F)cc(CNC2CC2)cc1F. The Morgan fingerprint density at radius 2 is 1.86 bits per heavy atom. The highest BCUT2D eigenvalue weighted by Gasteiger charge is 2.21. The van der Waals surface area contributed by atoms with E-state index in [1.54, 1.807) is 7.11 Å². The molecule has 0 saturated heterocycles. The van der Waals surface area contributed by atoms with E-state index < -0.39 is 11.6 Å². The highest BCUT2D eigenvalue weighted by molar-refractivity contribution is 5.31. The summed E-state index contributed by atoms with van der Waals surface area (Å²) in [5.74, 6) is -1.62. The second-order valence-corrected chi connectivity index (χ2v) is 6.11. The van der Waals surface area contributed by atoms with E-state index in [-0.39, 0.29) is 18.0 Å². The molecule has 0 spiro atoms. The minimum Gasteiger partial charge on any atom is -0.487 e. The summed E-state index contributed by atoms with van der Waals surface area (Å²) >= 11 is 0. The fourth-order valence-electron chi connectivity index (χ4n) is 1.90. The first-order chi connectivity index (χ1) is 9.91. The van der Waals surface area contributed by atoms with Gasteiger partial charge in [0, 0.05) is 26.1 Å². The van der Waals surface area contributed by atoms with Crippen molar-refractivity contribution in [1.29, 1.82) is 0 Å². The third-order valence-corrected chi connectivity index (χ3v) is 3.73. The second-order valence-electron chi connectivity index (χ2n) is 6.11. The van der Waals surface area contributed by atoms with Gasteiger partial charge < -0.3 is 14.8 Å². The van der Waals surface area contributed by atoms with Crippen LogP contribution in [-0.2, 0) is 11.3 Å². The van der Waals surface area contributed by atoms with Crippen LogP contribution < -0.4 is 10.1 Å². The molecule has 2 rings (SSSR count). The lowest BCUT2D eigenvalue weighted by Gasteiger charge is -2.22. The van der Waals surface area contributed by atoms with Crippen molar-refractivity contribution in [2.24, 2.45) is 0 Å². The zero-order valence-corrected chi connectivity index (χ0v) is 12.8. The third-order valence-electron chi connectivity index (χ3n) is 3.73. The minimum absolute atomic E-state index is 0.203. The standard InChI is InChI=1S/C16H23F2NO2/c1-16(2,20-3)6-7-21-15-13(17)8-11(9-14(15)18)10-19-12-4-5-12/h8-9,12,19H,4-7,10H2,1-3H3. The predicted octanol–water partition coefficient (Wildman–Crippen LogP) is 3.41. The minimum atomic E-state index is -0.655. The Kier molecular flexibility index (Phi) is 5.17. The molecule has 21 heavy (non-hydrogen) atoms. The molecule has 0 heterocycles. The van der Waals surface area contributed by atoms with Crippen molar-refractivity contribution in [3.8, 4) is 5.75 Å². The number of hydrogen-bond acceptors (Lipinski definition) is 3. The Morgan fingerprint density at radius 3 is 2.38 bits per heavy atom. The molecule has 0 unspecified atom stereocenters. The molecular weight excluding hydrogens is 276 g/mol. The zero-order chi connectivity index (χ0) is 15.5. The van der Waals surface area contributed by atoms with E-state index in [9.17, 15) is 8.78 Å². The fraction of sp³-hybridized carbons (Fsp3) is 0.625. The largest absolute Gasteiger partial charge is 0.487 e. The van der Waals surface area contributed by atoms with E-state index in [1.807, 2.05) is 13.8 Å². The quantitative estimate of drug-likeness (QED) is 0.798. The molecule has 1 aliphatic rings. The topological polar surface area (TPSA) is 30.5 Å². The predicted molar refractivity (Wildman–Crippen MR) is 77.4 cm³/mol. The summed E-state index contributed by atoms with van der Waals surface area (Å²) in [6.45, 7) is 4.48. The van der Waals surface area contributed by atoms with Crippen LogP contribution in [0.2, 0.25) is 0 Å². The monoisotopic (exact) mass is 299 g/mol. The Balaban J connectivity index is 1.92. The van der Waals surface area contributed by atoms with E-state index >= 15 is 0 Å². The van der Waals surface area contributed by atoms with Crippen LogP contribution in [0.25, 0.3) is 0 Å². The Labute approximate surface area is 124 Å². The van der Waals surface area contributed by atoms with Crippen molar-refractivity contribution < 1.29 is 18.3 Å². The molecule has 1 saturated carbocycles. The molecule has 0 radical (unpaired) electrons. The van der Waals surface area contributed by atoms with Crippen LogP contribution in [0.3, 0.4) is 0 Å². The lowest BCUT2D eigenvalue weighted by atomic mass is 10.1. The van der Waals surface area contributed by atoms with Crippen LogP contribution >= 0.6 is 0 Å². The maximum Gasteiger partial charge on any atom is 0.190 e. The van der Waals surface area contributed by atoms with Crippen molar-refractivity contribution in [3.63, 3.8) is 0 Å². The highest BCUT2D eigenvalue weighted by atomic mass is 19.1. The maximum absolute atomic E-state index is 13.9. The van der Waals surface area contributed by atoms with Crippen LogP contribution in [-0.4, -0.2) is 25.4 Å². The van der Waals surface area contributed by atoms with Gasteiger partial charge in [-0.05, 0) is 44.4 Å². The molecular formula is C16H23F2NO2. The molecule has 3 nitrogen and oxygen atoms in total. The maximum atomic E-state index is 13.9. The first-order valence-corrected chi connectivity index (χ1v) is 7.30. The number of halogens is 2. The van der Waals surface area contributed by atoms with Gasteiger partial charge >= 0.3 is 0 Å². The average Bonchev–Trinajstić information content (AvgIpc) is 3.23. The average molecular weight is 299 g/mol. The molecule has 0 bridgehead atoms. The molecule has 5 heteroatoms. The fourth-order valence-corrected chi connectivity index (χ4v) is 1.90. The number of rotatable bonds is 8. The van der Waals surface area contributed by atoms with Gasteiger partial charge in [0.15, 0.2) is 17.4 Å². The number of ether oxygens (including phenoxy) is 2. The van der Waals surface area contributed by atoms with Gasteiger partial charge in [0.25, 0.3) is 0 Å². The first-order valence-electron chi connectivity index (χ1n) is 7.30. The van der Waals surface area contributed by atoms with Crippen molar-refractivity contribution in [1.82, 2.24) is 5.32 Å². The van der Waals surface area contributed by atoms with Gasteiger partial charge in [-0.2, -0.15) is 0 Å². The van der Waals surface area contributed by atoms with E-state index in [0.29, 0.717) is 24.6 Å². The molecule has 118 valence electrons. The summed E-state index contributed by atoms with van der Waals surface area (Å²) in [6.07, 6.45) is 2.83. The summed E-state index contributed by atoms with van der Waals surface area (Å²) in [7, 11) is 1.60. The molecule has 1 aliphatic carbocycles. The van der Waals surface area contributed by atoms with Crippen LogP contribution in [0, 0.1) is 11.6 Å². The van der Waals surface area contributed by atoms with E-state index in [2.05, 4.69) is 5.32 Å². The Hall–Kier alpha value is -1.20. The summed E-state index contributed by atoms with van der Waals surface area (Å²) < 4.78 is 38.3. The summed E-state index contributed by atoms with van der Waals surface area (Å²) in [5, 5.41) is 3.23. The van der Waals surface area contributed by atoms with Gasteiger partial charge in [-0.1, -0.05) is 0 Å². The molecule has 0 amide bonds. The molecule has 0 aromatic heterocycles. The summed E-state index contributed by atoms with van der Waals surface area (Å²) in [5.41, 5.74) is 0.225. The number of methoxy groups -OCH3 is 1. The van der Waals surface area contributed by atoms with E-state index in [0.717, 1.165) is 12.8 Å². The molecule has 1 N–H and O–H groups in total. The second kappa shape index (κ2) is 6.71. The van der Waals surface area contributed by atoms with Gasteiger partial charge in [0.2, 0.25) is 0 Å². The molecule has 1 aromatic rings. The van der Waals surface area contributed by atoms with Crippen molar-refractivity contribution >= 4 is 0 Å². The van der Waals surface area contributed by atoms with Crippen LogP contribution in [0.4, 0.5) is 8.78 Å². The van der Waals surface area contributed by atoms with E-state index in [4.69, 9.17) is 9.47 Å². The van der Waals surface area contributed by atoms with Crippen LogP contribution in [0.5, 0.6) is 5.75 Å². The first kappa shape index (κ1) is 16.2. The van der Waals surface area contributed by atoms with Crippen molar-refractivity contribution in [3.05, 3.63) is 29.3 Å². The van der Waals surface area contributed by atoms with E-state index in [1.165, 1.54) is 12.1 Å². The van der Waals surface area contributed by atoms with Gasteiger partial charge in [-0.15, -0.1) is 0 Å². The van der Waals surface area contributed by atoms with Crippen molar-refractivity contribution in [2.75, 3.05) is 13.7 Å². The van der Waals surface area contributed by atoms with Gasteiger partial charge in [-0.25, -0.2) is 8.78 Å². The lowest BCUT2D eigenvalue weighted by Crippen LogP contribution is -2.25. The van der Waals surface area contributed by atoms with Crippen LogP contribution in [0.15, 0.2) is 12.1 Å². The normalized spacial score (nSPS) is 15.3. The Morgan fingerprint density at radius 1 is 1.24 bits per heavy atom. The van der Waals surface area contributed by atoms with Gasteiger partial charge in [0.1, 0.15) is 0 Å². The molecule has 1 aromatic carbocycles. The number of nitrogens with one attached hydrogen (secondary N) is 1. The summed E-state index contributed by atoms with van der Waals surface area (Å²) in [6, 6.07) is 3.16. The third kappa shape index (κ3) is 4.93.